The van der Waals surface area contributed by atoms with Crippen LogP contribution in [-0.2, 0) is 9.59 Å². The van der Waals surface area contributed by atoms with Crippen LogP contribution in [0.25, 0.3) is 0 Å². The summed E-state index contributed by atoms with van der Waals surface area (Å²) in [6.07, 6.45) is -0.425. The van der Waals surface area contributed by atoms with Crippen molar-refractivity contribution in [1.82, 2.24) is 4.90 Å². The molecule has 24 heavy (non-hydrogen) atoms. The van der Waals surface area contributed by atoms with Crippen molar-refractivity contribution >= 4 is 17.5 Å². The Balaban J connectivity index is 2.15. The molecule has 1 aromatic carbocycles. The van der Waals surface area contributed by atoms with Crippen LogP contribution in [0.3, 0.4) is 0 Å². The highest BCUT2D eigenvalue weighted by Crippen LogP contribution is 2.39. The minimum Gasteiger partial charge on any atom is -0.387 e. The first kappa shape index (κ1) is 18.1. The number of aliphatic hydroxyl groups is 1. The molecule has 1 aromatic rings. The minimum atomic E-state index is -1.15. The first-order valence-corrected chi connectivity index (χ1v) is 7.91. The van der Waals surface area contributed by atoms with Crippen LogP contribution in [-0.4, -0.2) is 33.3 Å². The molecule has 2 atom stereocenters. The zero-order valence-electron chi connectivity index (χ0n) is 14.1. The number of hydrogen-bond donors (Lipinski definition) is 1. The van der Waals surface area contributed by atoms with Crippen molar-refractivity contribution in [2.75, 3.05) is 6.54 Å². The van der Waals surface area contributed by atoms with E-state index < -0.39 is 16.4 Å². The molecule has 130 valence electrons. The molecule has 0 aromatic heterocycles. The molecule has 7 heteroatoms. The molecule has 1 fully saturated rings. The molecule has 1 saturated heterocycles. The lowest BCUT2D eigenvalue weighted by atomic mass is 9.80. The summed E-state index contributed by atoms with van der Waals surface area (Å²) in [5.41, 5.74) is -0.578. The van der Waals surface area contributed by atoms with Crippen LogP contribution in [0.1, 0.15) is 45.3 Å². The van der Waals surface area contributed by atoms with Crippen LogP contribution in [0, 0.1) is 21.4 Å². The molecule has 1 aliphatic rings. The lowest BCUT2D eigenvalue weighted by molar-refractivity contribution is -0.385. The molecule has 0 spiro atoms. The highest BCUT2D eigenvalue weighted by Gasteiger charge is 2.48. The van der Waals surface area contributed by atoms with Gasteiger partial charge >= 0.3 is 0 Å². The van der Waals surface area contributed by atoms with Gasteiger partial charge in [-0.25, -0.2) is 0 Å². The van der Waals surface area contributed by atoms with Crippen LogP contribution in [0.4, 0.5) is 5.69 Å². The lowest BCUT2D eigenvalue weighted by Gasteiger charge is -2.25. The monoisotopic (exact) mass is 334 g/mol. The number of carbonyl (C=O) groups is 2. The van der Waals surface area contributed by atoms with Crippen LogP contribution >= 0.6 is 0 Å². The van der Waals surface area contributed by atoms with Gasteiger partial charge in [0.2, 0.25) is 11.8 Å². The number of amides is 2. The zero-order valence-corrected chi connectivity index (χ0v) is 14.1. The maximum Gasteiger partial charge on any atom is 0.269 e. The van der Waals surface area contributed by atoms with Crippen molar-refractivity contribution in [2.45, 2.75) is 39.7 Å². The van der Waals surface area contributed by atoms with Crippen molar-refractivity contribution in [3.05, 3.63) is 39.9 Å². The molecule has 1 aliphatic heterocycles. The van der Waals surface area contributed by atoms with E-state index in [1.54, 1.807) is 6.92 Å². The molecule has 0 saturated carbocycles. The number of likely N-dealkylation sites (tertiary alicyclic amines) is 1. The smallest absolute Gasteiger partial charge is 0.269 e. The van der Waals surface area contributed by atoms with Crippen LogP contribution in [0.2, 0.25) is 0 Å². The predicted molar refractivity (Wildman–Crippen MR) is 87.0 cm³/mol. The van der Waals surface area contributed by atoms with Crippen molar-refractivity contribution in [1.29, 1.82) is 0 Å². The van der Waals surface area contributed by atoms with Gasteiger partial charge in [-0.3, -0.25) is 24.6 Å². The number of nitro groups is 1. The molecule has 1 heterocycles. The molecule has 2 unspecified atom stereocenters. The van der Waals surface area contributed by atoms with E-state index >= 15 is 0 Å². The van der Waals surface area contributed by atoms with Crippen molar-refractivity contribution in [3.8, 4) is 0 Å². The number of rotatable bonds is 6. The highest BCUT2D eigenvalue weighted by molar-refractivity contribution is 6.05. The standard InChI is InChI=1S/C17H22N2O5/c1-11(2)8-17(3)9-15(21)18(16(17)22)10-14(20)12-5-4-6-13(7-12)19(23)24/h4-7,11,14,20H,8-10H2,1-3H3. The molecule has 2 amide bonds. The van der Waals surface area contributed by atoms with E-state index in [1.165, 1.54) is 24.3 Å². The number of nitrogens with zero attached hydrogens (tertiary/aromatic N) is 2. The lowest BCUT2D eigenvalue weighted by Crippen LogP contribution is -2.37. The van der Waals surface area contributed by atoms with Gasteiger partial charge < -0.3 is 5.11 Å². The summed E-state index contributed by atoms with van der Waals surface area (Å²) in [5, 5.41) is 21.1. The fraction of sp³-hybridized carbons (Fsp3) is 0.529. The fourth-order valence-corrected chi connectivity index (χ4v) is 3.31. The Kier molecular flexibility index (Phi) is 5.03. The SMILES string of the molecule is CC(C)CC1(C)CC(=O)N(CC(O)c2cccc([N+](=O)[O-])c2)C1=O. The number of hydrogen-bond acceptors (Lipinski definition) is 5. The topological polar surface area (TPSA) is 101 Å². The number of non-ortho nitro benzene ring substituents is 1. The Morgan fingerprint density at radius 1 is 1.38 bits per heavy atom. The summed E-state index contributed by atoms with van der Waals surface area (Å²) in [5.74, 6) is -0.327. The number of nitro benzene ring substituents is 1. The maximum absolute atomic E-state index is 12.6. The van der Waals surface area contributed by atoms with Crippen LogP contribution < -0.4 is 0 Å². The number of aliphatic hydroxyl groups excluding tert-OH is 1. The fourth-order valence-electron chi connectivity index (χ4n) is 3.31. The third kappa shape index (κ3) is 3.62. The van der Waals surface area contributed by atoms with E-state index in [-0.39, 0.29) is 36.4 Å². The highest BCUT2D eigenvalue weighted by atomic mass is 16.6. The first-order chi connectivity index (χ1) is 11.1. The molecule has 7 nitrogen and oxygen atoms in total. The number of β-amino-alcohol motifs (C(OH)–C–C–N with tert-alkyl or cyclic N) is 1. The van der Waals surface area contributed by atoms with Gasteiger partial charge in [-0.2, -0.15) is 0 Å². The van der Waals surface area contributed by atoms with Crippen molar-refractivity contribution in [3.63, 3.8) is 0 Å². The molecule has 2 rings (SSSR count). The predicted octanol–water partition coefficient (Wildman–Crippen LogP) is 2.44. The van der Waals surface area contributed by atoms with E-state index in [9.17, 15) is 24.8 Å². The van der Waals surface area contributed by atoms with Crippen LogP contribution in [0.5, 0.6) is 0 Å². The Morgan fingerprint density at radius 2 is 2.04 bits per heavy atom. The quantitative estimate of drug-likeness (QED) is 0.489. The second-order valence-corrected chi connectivity index (χ2v) is 7.01. The van der Waals surface area contributed by atoms with Crippen molar-refractivity contribution < 1.29 is 19.6 Å². The van der Waals surface area contributed by atoms with Gasteiger partial charge in [0.05, 0.1) is 23.0 Å². The van der Waals surface area contributed by atoms with Crippen molar-refractivity contribution in [2.24, 2.45) is 11.3 Å². The van der Waals surface area contributed by atoms with E-state index in [4.69, 9.17) is 0 Å². The number of imide groups is 1. The average Bonchev–Trinajstić information content (AvgIpc) is 2.69. The van der Waals surface area contributed by atoms with Gasteiger partial charge in [0.1, 0.15) is 0 Å². The van der Waals surface area contributed by atoms with Gasteiger partial charge in [-0.05, 0) is 17.9 Å². The summed E-state index contributed by atoms with van der Waals surface area (Å²) >= 11 is 0. The van der Waals surface area contributed by atoms with Gasteiger partial charge in [0.15, 0.2) is 0 Å². The van der Waals surface area contributed by atoms with E-state index in [1.807, 2.05) is 13.8 Å². The largest absolute Gasteiger partial charge is 0.387 e. The van der Waals surface area contributed by atoms with E-state index in [0.717, 1.165) is 4.90 Å². The van der Waals surface area contributed by atoms with Gasteiger partial charge in [-0.1, -0.05) is 32.9 Å². The number of carbonyl (C=O) groups excluding carboxylic acids is 2. The second-order valence-electron chi connectivity index (χ2n) is 7.01. The average molecular weight is 334 g/mol. The van der Waals surface area contributed by atoms with E-state index in [0.29, 0.717) is 12.0 Å². The van der Waals surface area contributed by atoms with Gasteiger partial charge in [0.25, 0.3) is 5.69 Å². The molecular weight excluding hydrogens is 312 g/mol. The summed E-state index contributed by atoms with van der Waals surface area (Å²) in [7, 11) is 0. The molecule has 0 bridgehead atoms. The normalized spacial score (nSPS) is 22.3. The zero-order chi connectivity index (χ0) is 18.1. The summed E-state index contributed by atoms with van der Waals surface area (Å²) in [6, 6.07) is 5.58. The van der Waals surface area contributed by atoms with E-state index in [2.05, 4.69) is 0 Å². The third-order valence-electron chi connectivity index (χ3n) is 4.28. The Hall–Kier alpha value is -2.28. The molecule has 0 aliphatic carbocycles. The third-order valence-corrected chi connectivity index (χ3v) is 4.28. The number of benzene rings is 1. The summed E-state index contributed by atoms with van der Waals surface area (Å²) < 4.78 is 0. The Bertz CT molecular complexity index is 673. The minimum absolute atomic E-state index is 0.131. The van der Waals surface area contributed by atoms with Gasteiger partial charge in [0, 0.05) is 18.6 Å². The Morgan fingerprint density at radius 3 is 2.62 bits per heavy atom. The van der Waals surface area contributed by atoms with Gasteiger partial charge in [-0.15, -0.1) is 0 Å². The summed E-state index contributed by atoms with van der Waals surface area (Å²) in [6.45, 7) is 5.56. The molecular formula is C17H22N2O5. The summed E-state index contributed by atoms with van der Waals surface area (Å²) in [4.78, 5) is 36.1. The second kappa shape index (κ2) is 6.68. The van der Waals surface area contributed by atoms with Crippen LogP contribution in [0.15, 0.2) is 24.3 Å². The molecule has 0 radical (unpaired) electrons. The molecule has 1 N–H and O–H groups in total. The maximum atomic E-state index is 12.6. The Labute approximate surface area is 140 Å². The first-order valence-electron chi connectivity index (χ1n) is 7.91.